The van der Waals surface area contributed by atoms with E-state index in [2.05, 4.69) is 10.6 Å². The number of ether oxygens (including phenoxy) is 1. The Labute approximate surface area is 177 Å². The molecule has 3 rings (SSSR count). The number of carbonyl (C=O) groups is 2. The van der Waals surface area contributed by atoms with Crippen molar-refractivity contribution in [1.82, 2.24) is 15.5 Å². The van der Waals surface area contributed by atoms with E-state index in [1.807, 2.05) is 0 Å². The Morgan fingerprint density at radius 3 is 2.63 bits per heavy atom. The van der Waals surface area contributed by atoms with Crippen LogP contribution in [0.3, 0.4) is 0 Å². The van der Waals surface area contributed by atoms with Gasteiger partial charge in [0.05, 0.1) is 24.1 Å². The molecule has 6 nitrogen and oxygen atoms in total. The summed E-state index contributed by atoms with van der Waals surface area (Å²) in [4.78, 5) is 26.6. The Balaban J connectivity index is 1.93. The van der Waals surface area contributed by atoms with Crippen molar-refractivity contribution < 1.29 is 27.5 Å². The summed E-state index contributed by atoms with van der Waals surface area (Å²) in [5, 5.41) is 5.78. The Bertz CT molecular complexity index is 827. The molecule has 1 aromatic carbocycles. The fourth-order valence-electron chi connectivity index (χ4n) is 3.79. The zero-order valence-electron chi connectivity index (χ0n) is 16.4. The zero-order valence-corrected chi connectivity index (χ0v) is 17.1. The Morgan fingerprint density at radius 2 is 2.00 bits per heavy atom. The summed E-state index contributed by atoms with van der Waals surface area (Å²) < 4.78 is 44.7. The van der Waals surface area contributed by atoms with Crippen molar-refractivity contribution in [1.29, 1.82) is 0 Å². The van der Waals surface area contributed by atoms with Crippen molar-refractivity contribution in [3.63, 3.8) is 0 Å². The van der Waals surface area contributed by atoms with Crippen LogP contribution in [-0.2, 0) is 9.53 Å². The van der Waals surface area contributed by atoms with Crippen molar-refractivity contribution >= 4 is 23.6 Å². The van der Waals surface area contributed by atoms with Crippen molar-refractivity contribution in [3.05, 3.63) is 46.1 Å². The highest BCUT2D eigenvalue weighted by molar-refractivity contribution is 6.30. The first-order valence-electron chi connectivity index (χ1n) is 9.71. The summed E-state index contributed by atoms with van der Waals surface area (Å²) in [7, 11) is 0. The average molecular weight is 446 g/mol. The standard InChI is InChI=1S/C20H23ClF3N3O3/c1-2-30-18(28)16-15(11-27-9-3-4-13(10-27)20(22,23)24)25-19(29)26-17(16)12-5-7-14(21)8-6-12/h5-8,13,17H,2-4,9-11H2,1H3,(H2,25,26,29). The number of alkyl halides is 3. The molecular weight excluding hydrogens is 423 g/mol. The lowest BCUT2D eigenvalue weighted by Crippen LogP contribution is -2.50. The summed E-state index contributed by atoms with van der Waals surface area (Å²) >= 11 is 5.93. The summed E-state index contributed by atoms with van der Waals surface area (Å²) in [6.45, 7) is 2.05. The van der Waals surface area contributed by atoms with E-state index in [4.69, 9.17) is 16.3 Å². The van der Waals surface area contributed by atoms with E-state index >= 15 is 0 Å². The highest BCUT2D eigenvalue weighted by Gasteiger charge is 2.42. The first kappa shape index (κ1) is 22.4. The van der Waals surface area contributed by atoms with E-state index in [0.717, 1.165) is 0 Å². The third-order valence-electron chi connectivity index (χ3n) is 5.20. The molecule has 2 heterocycles. The number of hydrogen-bond acceptors (Lipinski definition) is 4. The third-order valence-corrected chi connectivity index (χ3v) is 5.45. The number of likely N-dealkylation sites (tertiary alicyclic amines) is 1. The number of piperidine rings is 1. The van der Waals surface area contributed by atoms with Gasteiger partial charge >= 0.3 is 18.2 Å². The highest BCUT2D eigenvalue weighted by Crippen LogP contribution is 2.34. The summed E-state index contributed by atoms with van der Waals surface area (Å²) in [5.74, 6) is -2.06. The van der Waals surface area contributed by atoms with Gasteiger partial charge in [-0.2, -0.15) is 13.2 Å². The molecule has 1 saturated heterocycles. The number of nitrogens with one attached hydrogen (secondary N) is 2. The second-order valence-corrected chi connectivity index (χ2v) is 7.75. The van der Waals surface area contributed by atoms with Crippen LogP contribution in [0.5, 0.6) is 0 Å². The Kier molecular flexibility index (Phi) is 6.92. The molecule has 2 N–H and O–H groups in total. The van der Waals surface area contributed by atoms with Crippen LogP contribution in [0, 0.1) is 5.92 Å². The molecule has 2 aliphatic heterocycles. The molecule has 164 valence electrons. The van der Waals surface area contributed by atoms with E-state index in [-0.39, 0.29) is 37.4 Å². The second kappa shape index (κ2) is 9.26. The molecule has 0 saturated carbocycles. The molecule has 10 heteroatoms. The van der Waals surface area contributed by atoms with Gasteiger partial charge in [-0.3, -0.25) is 4.90 Å². The predicted molar refractivity (Wildman–Crippen MR) is 105 cm³/mol. The van der Waals surface area contributed by atoms with Gasteiger partial charge in [0.2, 0.25) is 0 Å². The molecule has 0 spiro atoms. The summed E-state index contributed by atoms with van der Waals surface area (Å²) in [6, 6.07) is 5.28. The minimum atomic E-state index is -4.28. The smallest absolute Gasteiger partial charge is 0.393 e. The van der Waals surface area contributed by atoms with Gasteiger partial charge < -0.3 is 15.4 Å². The Morgan fingerprint density at radius 1 is 1.30 bits per heavy atom. The van der Waals surface area contributed by atoms with Gasteiger partial charge in [0.1, 0.15) is 0 Å². The number of carbonyl (C=O) groups excluding carboxylic acids is 2. The van der Waals surface area contributed by atoms with Crippen LogP contribution in [0.25, 0.3) is 0 Å². The van der Waals surface area contributed by atoms with E-state index in [9.17, 15) is 22.8 Å². The molecule has 2 atom stereocenters. The van der Waals surface area contributed by atoms with Gasteiger partial charge in [-0.25, -0.2) is 9.59 Å². The second-order valence-electron chi connectivity index (χ2n) is 7.31. The molecule has 30 heavy (non-hydrogen) atoms. The maximum atomic E-state index is 13.2. The molecule has 0 bridgehead atoms. The van der Waals surface area contributed by atoms with Crippen LogP contribution in [0.2, 0.25) is 5.02 Å². The molecule has 2 unspecified atom stereocenters. The SMILES string of the molecule is CCOC(=O)C1=C(CN2CCCC(C(F)(F)F)C2)NC(=O)NC1c1ccc(Cl)cc1. The van der Waals surface area contributed by atoms with Crippen LogP contribution in [-0.4, -0.2) is 49.3 Å². The number of rotatable bonds is 5. The van der Waals surface area contributed by atoms with Gasteiger partial charge in [0.25, 0.3) is 0 Å². The lowest BCUT2D eigenvalue weighted by atomic mass is 9.93. The number of urea groups is 1. The molecule has 2 aliphatic rings. The minimum absolute atomic E-state index is 0.0121. The van der Waals surface area contributed by atoms with Crippen LogP contribution in [0.4, 0.5) is 18.0 Å². The van der Waals surface area contributed by atoms with Gasteiger partial charge in [-0.1, -0.05) is 23.7 Å². The van der Waals surface area contributed by atoms with Crippen LogP contribution < -0.4 is 10.6 Å². The molecule has 1 fully saturated rings. The summed E-state index contributed by atoms with van der Waals surface area (Å²) in [5.41, 5.74) is 1.04. The van der Waals surface area contributed by atoms with Crippen molar-refractivity contribution in [3.8, 4) is 0 Å². The fourth-order valence-corrected chi connectivity index (χ4v) is 3.91. The predicted octanol–water partition coefficient (Wildman–Crippen LogP) is 3.79. The largest absolute Gasteiger partial charge is 0.463 e. The average Bonchev–Trinajstić information content (AvgIpc) is 2.68. The Hall–Kier alpha value is -2.26. The molecule has 0 aliphatic carbocycles. The topological polar surface area (TPSA) is 70.7 Å². The number of hydrogen-bond donors (Lipinski definition) is 2. The van der Waals surface area contributed by atoms with Crippen LogP contribution >= 0.6 is 11.6 Å². The molecular formula is C20H23ClF3N3O3. The van der Waals surface area contributed by atoms with E-state index in [1.165, 1.54) is 0 Å². The molecule has 0 aromatic heterocycles. The normalized spacial score (nSPS) is 23.0. The fraction of sp³-hybridized carbons (Fsp3) is 0.500. The number of amides is 2. The van der Waals surface area contributed by atoms with Crippen LogP contribution in [0.1, 0.15) is 31.4 Å². The zero-order chi connectivity index (χ0) is 21.9. The first-order valence-corrected chi connectivity index (χ1v) is 10.1. The molecule has 1 aromatic rings. The monoisotopic (exact) mass is 445 g/mol. The van der Waals surface area contributed by atoms with Crippen molar-refractivity contribution in [2.75, 3.05) is 26.2 Å². The number of esters is 1. The first-order chi connectivity index (χ1) is 14.2. The van der Waals surface area contributed by atoms with Gasteiger partial charge in [-0.05, 0) is 44.0 Å². The van der Waals surface area contributed by atoms with Crippen molar-refractivity contribution in [2.45, 2.75) is 32.0 Å². The van der Waals surface area contributed by atoms with E-state index in [1.54, 1.807) is 36.1 Å². The van der Waals surface area contributed by atoms with E-state index < -0.39 is 30.1 Å². The number of nitrogens with zero attached hydrogens (tertiary/aromatic N) is 1. The maximum Gasteiger partial charge on any atom is 0.393 e. The lowest BCUT2D eigenvalue weighted by molar-refractivity contribution is -0.186. The van der Waals surface area contributed by atoms with Crippen LogP contribution in [0.15, 0.2) is 35.5 Å². The minimum Gasteiger partial charge on any atom is -0.463 e. The maximum absolute atomic E-state index is 13.2. The highest BCUT2D eigenvalue weighted by atomic mass is 35.5. The van der Waals surface area contributed by atoms with Gasteiger partial charge in [0.15, 0.2) is 0 Å². The number of benzene rings is 1. The van der Waals surface area contributed by atoms with Crippen molar-refractivity contribution in [2.24, 2.45) is 5.92 Å². The van der Waals surface area contributed by atoms with E-state index in [0.29, 0.717) is 23.6 Å². The quantitative estimate of drug-likeness (QED) is 0.677. The third kappa shape index (κ3) is 5.26. The van der Waals surface area contributed by atoms with Gasteiger partial charge in [-0.15, -0.1) is 0 Å². The molecule has 2 amide bonds. The number of halogens is 4. The lowest BCUT2D eigenvalue weighted by Gasteiger charge is -2.36. The summed E-state index contributed by atoms with van der Waals surface area (Å²) in [6.07, 6.45) is -3.82. The van der Waals surface area contributed by atoms with Gasteiger partial charge in [0, 0.05) is 23.8 Å². The molecule has 0 radical (unpaired) electrons.